The van der Waals surface area contributed by atoms with Gasteiger partial charge in [0.25, 0.3) is 0 Å². The van der Waals surface area contributed by atoms with Crippen molar-refractivity contribution < 1.29 is 9.53 Å². The van der Waals surface area contributed by atoms with E-state index in [0.717, 1.165) is 47.0 Å². The number of nitrogens with two attached hydrogens (primary N) is 1. The van der Waals surface area contributed by atoms with Crippen LogP contribution >= 0.6 is 0 Å². The van der Waals surface area contributed by atoms with Gasteiger partial charge in [-0.15, -0.1) is 10.2 Å². The molecule has 5 rings (SSSR count). The van der Waals surface area contributed by atoms with Gasteiger partial charge in [0.1, 0.15) is 5.60 Å². The summed E-state index contributed by atoms with van der Waals surface area (Å²) in [6.45, 7) is 9.11. The zero-order chi connectivity index (χ0) is 30.2. The van der Waals surface area contributed by atoms with Gasteiger partial charge in [0.05, 0.1) is 17.1 Å². The molecule has 2 heterocycles. The quantitative estimate of drug-likeness (QED) is 0.184. The number of amides is 1. The van der Waals surface area contributed by atoms with Crippen LogP contribution in [0.1, 0.15) is 26.3 Å². The molecule has 43 heavy (non-hydrogen) atoms. The molecule has 0 atom stereocenters. The first-order chi connectivity index (χ1) is 20.7. The maximum Gasteiger partial charge on any atom is 0.410 e. The SMILES string of the molecule is CC(C)(C)OC(=O)N1CCN(c2ccc(CNc3ccccc3NC(N)=Nc3ccc(-c4ccccc4)nn3)cc2)CC1. The van der Waals surface area contributed by atoms with Gasteiger partial charge in [-0.25, -0.2) is 4.79 Å². The van der Waals surface area contributed by atoms with Gasteiger partial charge in [-0.3, -0.25) is 0 Å². The second-order valence-corrected chi connectivity index (χ2v) is 11.3. The van der Waals surface area contributed by atoms with E-state index in [2.05, 4.69) is 55.0 Å². The third kappa shape index (κ3) is 8.22. The first-order valence-corrected chi connectivity index (χ1v) is 14.4. The number of carbonyl (C=O) groups is 1. The molecule has 1 saturated heterocycles. The summed E-state index contributed by atoms with van der Waals surface area (Å²) < 4.78 is 5.51. The molecule has 0 radical (unpaired) electrons. The Balaban J connectivity index is 1.14. The fourth-order valence-electron chi connectivity index (χ4n) is 4.68. The Bertz CT molecular complexity index is 1530. The molecule has 1 aliphatic heterocycles. The third-order valence-corrected chi connectivity index (χ3v) is 6.86. The number of guanidine groups is 1. The van der Waals surface area contributed by atoms with E-state index < -0.39 is 5.60 Å². The molecule has 1 aliphatic rings. The molecule has 1 fully saturated rings. The zero-order valence-corrected chi connectivity index (χ0v) is 24.8. The Kier molecular flexibility index (Phi) is 9.05. The largest absolute Gasteiger partial charge is 0.444 e. The smallest absolute Gasteiger partial charge is 0.410 e. The molecule has 0 bridgehead atoms. The summed E-state index contributed by atoms with van der Waals surface area (Å²) in [7, 11) is 0. The van der Waals surface area contributed by atoms with Crippen LogP contribution in [0.25, 0.3) is 11.3 Å². The summed E-state index contributed by atoms with van der Waals surface area (Å²) in [4.78, 5) is 20.8. The van der Waals surface area contributed by atoms with Gasteiger partial charge in [-0.1, -0.05) is 54.6 Å². The molecular weight excluding hydrogens is 540 g/mol. The number of carbonyl (C=O) groups excluding carboxylic acids is 1. The summed E-state index contributed by atoms with van der Waals surface area (Å²) >= 11 is 0. The van der Waals surface area contributed by atoms with Crippen LogP contribution < -0.4 is 21.3 Å². The van der Waals surface area contributed by atoms with Crippen molar-refractivity contribution in [3.8, 4) is 11.3 Å². The fourth-order valence-corrected chi connectivity index (χ4v) is 4.68. The Morgan fingerprint density at radius 3 is 2.19 bits per heavy atom. The van der Waals surface area contributed by atoms with Crippen LogP contribution in [0, 0.1) is 0 Å². The Hall–Kier alpha value is -5.12. The lowest BCUT2D eigenvalue weighted by molar-refractivity contribution is 0.0240. The van der Waals surface area contributed by atoms with Gasteiger partial charge in [0.2, 0.25) is 0 Å². The second-order valence-electron chi connectivity index (χ2n) is 11.3. The van der Waals surface area contributed by atoms with E-state index in [0.29, 0.717) is 25.5 Å². The molecule has 4 aromatic rings. The fraction of sp³-hybridized carbons (Fsp3) is 0.273. The summed E-state index contributed by atoms with van der Waals surface area (Å²) in [6, 6.07) is 29.8. The third-order valence-electron chi connectivity index (χ3n) is 6.86. The van der Waals surface area contributed by atoms with Gasteiger partial charge < -0.3 is 30.9 Å². The number of nitrogens with one attached hydrogen (secondary N) is 2. The normalized spacial score (nSPS) is 13.9. The van der Waals surface area contributed by atoms with E-state index in [1.54, 1.807) is 11.0 Å². The Morgan fingerprint density at radius 2 is 1.53 bits per heavy atom. The van der Waals surface area contributed by atoms with E-state index in [-0.39, 0.29) is 12.1 Å². The molecule has 222 valence electrons. The van der Waals surface area contributed by atoms with Gasteiger partial charge in [-0.05, 0) is 62.7 Å². The summed E-state index contributed by atoms with van der Waals surface area (Å²) in [5.74, 6) is 0.633. The molecule has 4 N–H and O–H groups in total. The minimum absolute atomic E-state index is 0.215. The van der Waals surface area contributed by atoms with E-state index >= 15 is 0 Å². The molecule has 0 aliphatic carbocycles. The first kappa shape index (κ1) is 29.4. The molecule has 10 heteroatoms. The molecule has 0 unspecified atom stereocenters. The van der Waals surface area contributed by atoms with Crippen LogP contribution in [0.2, 0.25) is 0 Å². The van der Waals surface area contributed by atoms with Crippen molar-refractivity contribution >= 4 is 34.9 Å². The number of aliphatic imine (C=N–C) groups is 1. The highest BCUT2D eigenvalue weighted by Gasteiger charge is 2.25. The van der Waals surface area contributed by atoms with Gasteiger partial charge in [-0.2, -0.15) is 4.99 Å². The Morgan fingerprint density at radius 1 is 0.860 bits per heavy atom. The number of hydrogen-bond acceptors (Lipinski definition) is 7. The van der Waals surface area contributed by atoms with E-state index in [1.165, 1.54) is 0 Å². The van der Waals surface area contributed by atoms with Crippen LogP contribution in [0.15, 0.2) is 96.0 Å². The monoisotopic (exact) mass is 578 g/mol. The van der Waals surface area contributed by atoms with Crippen molar-refractivity contribution in [1.82, 2.24) is 15.1 Å². The lowest BCUT2D eigenvalue weighted by Gasteiger charge is -2.36. The highest BCUT2D eigenvalue weighted by molar-refractivity contribution is 5.96. The van der Waals surface area contributed by atoms with Crippen LogP contribution in [0.3, 0.4) is 0 Å². The summed E-state index contributed by atoms with van der Waals surface area (Å²) in [6.07, 6.45) is -0.248. The van der Waals surface area contributed by atoms with Crippen molar-refractivity contribution in [3.05, 3.63) is 96.6 Å². The van der Waals surface area contributed by atoms with Crippen LogP contribution in [-0.2, 0) is 11.3 Å². The number of anilines is 3. The van der Waals surface area contributed by atoms with Crippen molar-refractivity contribution in [2.24, 2.45) is 10.7 Å². The number of benzene rings is 3. The van der Waals surface area contributed by atoms with Gasteiger partial charge >= 0.3 is 6.09 Å². The van der Waals surface area contributed by atoms with Crippen molar-refractivity contribution in [1.29, 1.82) is 0 Å². The van der Waals surface area contributed by atoms with Crippen LogP contribution in [0.5, 0.6) is 0 Å². The molecule has 10 nitrogen and oxygen atoms in total. The predicted molar refractivity (Wildman–Crippen MR) is 173 cm³/mol. The predicted octanol–water partition coefficient (Wildman–Crippen LogP) is 5.87. The maximum absolute atomic E-state index is 12.4. The van der Waals surface area contributed by atoms with Gasteiger partial charge in [0, 0.05) is 44.0 Å². The molecule has 1 aromatic heterocycles. The molecular formula is C33H38N8O2. The number of hydrogen-bond donors (Lipinski definition) is 3. The molecule has 1 amide bonds. The number of nitrogens with zero attached hydrogens (tertiary/aromatic N) is 5. The number of rotatable bonds is 7. The maximum atomic E-state index is 12.4. The van der Waals surface area contributed by atoms with Crippen molar-refractivity contribution in [2.45, 2.75) is 32.9 Å². The van der Waals surface area contributed by atoms with Crippen LogP contribution in [0.4, 0.5) is 27.7 Å². The number of piperazine rings is 1. The standard InChI is InChI=1S/C33H38N8O2/c1-33(2,3)43-32(42)41-21-19-40(20-22-41)26-15-13-24(14-16-26)23-35-28-11-7-8-12-29(28)36-31(34)37-30-18-17-27(38-39-30)25-9-5-4-6-10-25/h4-18,35H,19-23H2,1-3H3,(H3,34,36,37,39). The van der Waals surface area contributed by atoms with Crippen LogP contribution in [-0.4, -0.2) is 58.9 Å². The number of para-hydroxylation sites is 2. The highest BCUT2D eigenvalue weighted by Crippen LogP contribution is 2.24. The molecule has 0 saturated carbocycles. The minimum atomic E-state index is -0.486. The molecule has 0 spiro atoms. The minimum Gasteiger partial charge on any atom is -0.444 e. The first-order valence-electron chi connectivity index (χ1n) is 14.4. The highest BCUT2D eigenvalue weighted by atomic mass is 16.6. The zero-order valence-electron chi connectivity index (χ0n) is 24.8. The van der Waals surface area contributed by atoms with E-state index in [1.807, 2.05) is 81.4 Å². The number of ether oxygens (including phenoxy) is 1. The molecule has 3 aromatic carbocycles. The number of aromatic nitrogens is 2. The lowest BCUT2D eigenvalue weighted by atomic mass is 10.1. The van der Waals surface area contributed by atoms with E-state index in [9.17, 15) is 4.79 Å². The van der Waals surface area contributed by atoms with Crippen molar-refractivity contribution in [3.63, 3.8) is 0 Å². The topological polar surface area (TPSA) is 121 Å². The van der Waals surface area contributed by atoms with Crippen molar-refractivity contribution in [2.75, 3.05) is 41.7 Å². The Labute approximate surface area is 252 Å². The second kappa shape index (κ2) is 13.2. The average Bonchev–Trinajstić information content (AvgIpc) is 3.01. The lowest BCUT2D eigenvalue weighted by Crippen LogP contribution is -2.50. The average molecular weight is 579 g/mol. The van der Waals surface area contributed by atoms with E-state index in [4.69, 9.17) is 10.5 Å². The van der Waals surface area contributed by atoms with Gasteiger partial charge in [0.15, 0.2) is 11.8 Å². The summed E-state index contributed by atoms with van der Waals surface area (Å²) in [5, 5.41) is 15.1. The summed E-state index contributed by atoms with van der Waals surface area (Å²) in [5.41, 5.74) is 11.5.